The minimum Gasteiger partial charge on any atom is -0.357 e. The van der Waals surface area contributed by atoms with Crippen LogP contribution in [-0.4, -0.2) is 28.1 Å². The number of likely N-dealkylation sites (tertiary alicyclic amines) is 1. The maximum absolute atomic E-state index is 11.8. The lowest BCUT2D eigenvalue weighted by Crippen LogP contribution is -2.24. The molecule has 2 aromatic rings. The number of fused-ring (bicyclic) bond motifs is 1. The van der Waals surface area contributed by atoms with Gasteiger partial charge in [0.15, 0.2) is 0 Å². The highest BCUT2D eigenvalue weighted by molar-refractivity contribution is 7.80. The van der Waals surface area contributed by atoms with Gasteiger partial charge in [0.05, 0.1) is 6.54 Å². The molecule has 0 radical (unpaired) electrons. The van der Waals surface area contributed by atoms with Crippen LogP contribution in [0.3, 0.4) is 0 Å². The highest BCUT2D eigenvalue weighted by Crippen LogP contribution is 2.22. The summed E-state index contributed by atoms with van der Waals surface area (Å²) in [6.07, 6.45) is 0.643. The predicted octanol–water partition coefficient (Wildman–Crippen LogP) is 2.45. The molecule has 1 fully saturated rings. The van der Waals surface area contributed by atoms with Crippen molar-refractivity contribution in [1.29, 1.82) is 0 Å². The van der Waals surface area contributed by atoms with Gasteiger partial charge in [-0.2, -0.15) is 12.6 Å². The Morgan fingerprint density at radius 1 is 1.39 bits per heavy atom. The maximum atomic E-state index is 11.8. The summed E-state index contributed by atoms with van der Waals surface area (Å²) in [5.41, 5.74) is 2.23. The smallest absolute Gasteiger partial charge is 0.223 e. The Kier molecular flexibility index (Phi) is 3.04. The number of H-pyrrole nitrogens is 1. The first-order valence-corrected chi connectivity index (χ1v) is 6.85. The molecule has 1 aromatic carbocycles. The van der Waals surface area contributed by atoms with Crippen LogP contribution >= 0.6 is 12.6 Å². The number of hydrogen-bond acceptors (Lipinski definition) is 2. The van der Waals surface area contributed by atoms with Crippen molar-refractivity contribution in [2.45, 2.75) is 13.0 Å². The quantitative estimate of drug-likeness (QED) is 0.817. The van der Waals surface area contributed by atoms with Crippen LogP contribution in [0.15, 0.2) is 30.3 Å². The molecule has 0 saturated carbocycles. The van der Waals surface area contributed by atoms with Gasteiger partial charge in [0, 0.05) is 24.2 Å². The molecule has 0 bridgehead atoms. The van der Waals surface area contributed by atoms with Gasteiger partial charge < -0.3 is 9.88 Å². The summed E-state index contributed by atoms with van der Waals surface area (Å²) in [4.78, 5) is 17.1. The number of benzene rings is 1. The summed E-state index contributed by atoms with van der Waals surface area (Å²) in [5.74, 6) is 1.44. The molecular weight excluding hydrogens is 244 g/mol. The average molecular weight is 260 g/mol. The van der Waals surface area contributed by atoms with E-state index in [9.17, 15) is 4.79 Å². The second-order valence-corrected chi connectivity index (χ2v) is 5.27. The summed E-state index contributed by atoms with van der Waals surface area (Å²) < 4.78 is 0. The largest absolute Gasteiger partial charge is 0.357 e. The fourth-order valence-electron chi connectivity index (χ4n) is 2.55. The highest BCUT2D eigenvalue weighted by atomic mass is 32.1. The first-order chi connectivity index (χ1) is 8.76. The summed E-state index contributed by atoms with van der Waals surface area (Å²) in [6, 6.07) is 10.3. The average Bonchev–Trinajstić information content (AvgIpc) is 2.93. The number of thiol groups is 1. The number of carbonyl (C=O) groups excluding carboxylic acids is 1. The Morgan fingerprint density at radius 2 is 2.22 bits per heavy atom. The number of rotatable bonds is 3. The van der Waals surface area contributed by atoms with Crippen molar-refractivity contribution < 1.29 is 4.79 Å². The van der Waals surface area contributed by atoms with Crippen molar-refractivity contribution in [3.8, 4) is 0 Å². The van der Waals surface area contributed by atoms with Gasteiger partial charge in [0.1, 0.15) is 0 Å². The van der Waals surface area contributed by atoms with E-state index in [-0.39, 0.29) is 5.91 Å². The third-order valence-corrected chi connectivity index (χ3v) is 4.02. The minimum absolute atomic E-state index is 0.243. The molecule has 3 nitrogen and oxygen atoms in total. The summed E-state index contributed by atoms with van der Waals surface area (Å²) >= 11 is 4.28. The molecule has 1 N–H and O–H groups in total. The highest BCUT2D eigenvalue weighted by Gasteiger charge is 2.28. The summed E-state index contributed by atoms with van der Waals surface area (Å²) in [6.45, 7) is 1.51. The zero-order valence-corrected chi connectivity index (χ0v) is 11.0. The molecule has 1 atom stereocenters. The Morgan fingerprint density at radius 3 is 2.94 bits per heavy atom. The van der Waals surface area contributed by atoms with E-state index in [1.165, 1.54) is 5.39 Å². The van der Waals surface area contributed by atoms with E-state index >= 15 is 0 Å². The van der Waals surface area contributed by atoms with E-state index in [4.69, 9.17) is 0 Å². The van der Waals surface area contributed by atoms with Gasteiger partial charge >= 0.3 is 0 Å². The van der Waals surface area contributed by atoms with Crippen LogP contribution in [0.1, 0.15) is 12.1 Å². The first-order valence-electron chi connectivity index (χ1n) is 6.21. The first kappa shape index (κ1) is 11.7. The Bertz CT molecular complexity index is 545. The van der Waals surface area contributed by atoms with Crippen LogP contribution in [0, 0.1) is 5.92 Å². The Balaban J connectivity index is 1.78. The third kappa shape index (κ3) is 2.12. The lowest BCUT2D eigenvalue weighted by molar-refractivity contribution is -0.128. The molecule has 4 heteroatoms. The molecule has 2 heterocycles. The molecule has 1 aliphatic heterocycles. The van der Waals surface area contributed by atoms with Crippen molar-refractivity contribution in [1.82, 2.24) is 9.88 Å². The second-order valence-electron chi connectivity index (χ2n) is 4.91. The maximum Gasteiger partial charge on any atom is 0.223 e. The lowest BCUT2D eigenvalue weighted by atomic mass is 10.1. The second kappa shape index (κ2) is 4.69. The monoisotopic (exact) mass is 260 g/mol. The third-order valence-electron chi connectivity index (χ3n) is 3.50. The number of aromatic nitrogens is 1. The van der Waals surface area contributed by atoms with Crippen LogP contribution in [0.25, 0.3) is 10.9 Å². The van der Waals surface area contributed by atoms with Gasteiger partial charge in [0.2, 0.25) is 5.91 Å². The number of amides is 1. The number of para-hydroxylation sites is 1. The molecule has 0 aliphatic carbocycles. The van der Waals surface area contributed by atoms with E-state index in [0.29, 0.717) is 18.9 Å². The van der Waals surface area contributed by atoms with Gasteiger partial charge in [0.25, 0.3) is 0 Å². The van der Waals surface area contributed by atoms with Crippen LogP contribution in [0.5, 0.6) is 0 Å². The van der Waals surface area contributed by atoms with E-state index < -0.39 is 0 Å². The van der Waals surface area contributed by atoms with Crippen molar-refractivity contribution >= 4 is 29.4 Å². The molecule has 3 rings (SSSR count). The molecule has 0 spiro atoms. The number of nitrogens with zero attached hydrogens (tertiary/aromatic N) is 1. The van der Waals surface area contributed by atoms with Crippen LogP contribution in [0.4, 0.5) is 0 Å². The summed E-state index contributed by atoms with van der Waals surface area (Å²) in [5, 5.41) is 1.20. The molecule has 1 unspecified atom stereocenters. The summed E-state index contributed by atoms with van der Waals surface area (Å²) in [7, 11) is 0. The van der Waals surface area contributed by atoms with E-state index in [2.05, 4.69) is 35.8 Å². The number of carbonyl (C=O) groups is 1. The zero-order valence-electron chi connectivity index (χ0n) is 10.1. The SMILES string of the molecule is O=C1CC(CS)CN1Cc1cc2ccccc2[nH]1. The standard InChI is InChI=1S/C14H16N2OS/c17-14-5-10(9-18)7-16(14)8-12-6-11-3-1-2-4-13(11)15-12/h1-4,6,10,15,18H,5,7-9H2. The minimum atomic E-state index is 0.243. The normalized spacial score (nSPS) is 19.9. The van der Waals surface area contributed by atoms with Crippen molar-refractivity contribution in [2.75, 3.05) is 12.3 Å². The number of aromatic amines is 1. The molecule has 1 aliphatic rings. The predicted molar refractivity (Wildman–Crippen MR) is 75.7 cm³/mol. The molecule has 1 saturated heterocycles. The van der Waals surface area contributed by atoms with Gasteiger partial charge in [-0.15, -0.1) is 0 Å². The topological polar surface area (TPSA) is 36.1 Å². The van der Waals surface area contributed by atoms with Crippen LogP contribution in [0.2, 0.25) is 0 Å². The van der Waals surface area contributed by atoms with E-state index in [1.54, 1.807) is 0 Å². The van der Waals surface area contributed by atoms with Crippen molar-refractivity contribution in [3.05, 3.63) is 36.0 Å². The fraction of sp³-hybridized carbons (Fsp3) is 0.357. The fourth-order valence-corrected chi connectivity index (χ4v) is 2.80. The molecule has 18 heavy (non-hydrogen) atoms. The van der Waals surface area contributed by atoms with Crippen LogP contribution in [-0.2, 0) is 11.3 Å². The van der Waals surface area contributed by atoms with Crippen molar-refractivity contribution in [3.63, 3.8) is 0 Å². The lowest BCUT2D eigenvalue weighted by Gasteiger charge is -2.15. The molecule has 1 aromatic heterocycles. The molecule has 1 amide bonds. The zero-order chi connectivity index (χ0) is 12.5. The molecule has 94 valence electrons. The van der Waals surface area contributed by atoms with Gasteiger partial charge in [-0.25, -0.2) is 0 Å². The number of nitrogens with one attached hydrogen (secondary N) is 1. The van der Waals surface area contributed by atoms with Crippen molar-refractivity contribution in [2.24, 2.45) is 5.92 Å². The van der Waals surface area contributed by atoms with Gasteiger partial charge in [-0.1, -0.05) is 18.2 Å². The van der Waals surface area contributed by atoms with E-state index in [0.717, 1.165) is 23.5 Å². The van der Waals surface area contributed by atoms with Gasteiger partial charge in [-0.3, -0.25) is 4.79 Å². The van der Waals surface area contributed by atoms with Crippen LogP contribution < -0.4 is 0 Å². The van der Waals surface area contributed by atoms with E-state index in [1.807, 2.05) is 17.0 Å². The molecular formula is C14H16N2OS. The number of hydrogen-bond donors (Lipinski definition) is 2. The Labute approximate surface area is 112 Å². The van der Waals surface area contributed by atoms with Gasteiger partial charge in [-0.05, 0) is 29.2 Å². The Hall–Kier alpha value is -1.42.